The Morgan fingerprint density at radius 3 is 2.33 bits per heavy atom. The summed E-state index contributed by atoms with van der Waals surface area (Å²) < 4.78 is 36.7. The molecule has 12 heavy (non-hydrogen) atoms. The highest BCUT2D eigenvalue weighted by molar-refractivity contribution is 5.23. The van der Waals surface area contributed by atoms with Gasteiger partial charge in [-0.25, -0.2) is 0 Å². The first-order valence-electron chi connectivity index (χ1n) is 3.84. The van der Waals surface area contributed by atoms with Crippen molar-refractivity contribution in [2.75, 3.05) is 0 Å². The van der Waals surface area contributed by atoms with E-state index in [-0.39, 0.29) is 0 Å². The molecule has 0 aromatic rings. The van der Waals surface area contributed by atoms with Gasteiger partial charge in [-0.05, 0) is 12.8 Å². The van der Waals surface area contributed by atoms with Gasteiger partial charge >= 0.3 is 6.18 Å². The summed E-state index contributed by atoms with van der Waals surface area (Å²) in [5.41, 5.74) is 0.906. The summed E-state index contributed by atoms with van der Waals surface area (Å²) >= 11 is 0. The topological polar surface area (TPSA) is 0 Å². The lowest BCUT2D eigenvalue weighted by Crippen LogP contribution is -2.27. The number of hydrogen-bond donors (Lipinski definition) is 0. The predicted molar refractivity (Wildman–Crippen MR) is 41.6 cm³/mol. The van der Waals surface area contributed by atoms with E-state index in [9.17, 15) is 13.2 Å². The van der Waals surface area contributed by atoms with Gasteiger partial charge in [-0.15, -0.1) is 0 Å². The molecule has 1 aliphatic rings. The second-order valence-corrected chi connectivity index (χ2v) is 3.20. The zero-order chi connectivity index (χ0) is 9.35. The van der Waals surface area contributed by atoms with Gasteiger partial charge in [0.25, 0.3) is 0 Å². The van der Waals surface area contributed by atoms with Crippen LogP contribution in [0.1, 0.15) is 13.8 Å². The van der Waals surface area contributed by atoms with Gasteiger partial charge in [0.05, 0.1) is 5.92 Å². The number of hydrogen-bond acceptors (Lipinski definition) is 0. The van der Waals surface area contributed by atoms with Crippen LogP contribution in [0, 0.1) is 11.8 Å². The molecule has 1 aliphatic carbocycles. The quantitative estimate of drug-likeness (QED) is 0.531. The maximum Gasteiger partial charge on any atom is 0.395 e. The fourth-order valence-electron chi connectivity index (χ4n) is 1.41. The van der Waals surface area contributed by atoms with E-state index in [0.717, 1.165) is 5.57 Å². The molecule has 2 atom stereocenters. The molecule has 0 aliphatic heterocycles. The van der Waals surface area contributed by atoms with Crippen LogP contribution in [0.25, 0.3) is 0 Å². The van der Waals surface area contributed by atoms with Gasteiger partial charge in [0.1, 0.15) is 0 Å². The molecule has 3 heteroatoms. The maximum atomic E-state index is 12.2. The van der Waals surface area contributed by atoms with E-state index < -0.39 is 18.0 Å². The summed E-state index contributed by atoms with van der Waals surface area (Å²) in [4.78, 5) is 0. The summed E-state index contributed by atoms with van der Waals surface area (Å²) in [5, 5.41) is 0. The van der Waals surface area contributed by atoms with Gasteiger partial charge in [0, 0.05) is 0 Å². The molecule has 0 nitrogen and oxygen atoms in total. The molecular weight excluding hydrogens is 165 g/mol. The second kappa shape index (κ2) is 2.96. The molecule has 0 radical (unpaired) electrons. The van der Waals surface area contributed by atoms with Crippen molar-refractivity contribution in [3.63, 3.8) is 0 Å². The van der Waals surface area contributed by atoms with E-state index >= 15 is 0 Å². The lowest BCUT2D eigenvalue weighted by atomic mass is 9.87. The van der Waals surface area contributed by atoms with Crippen molar-refractivity contribution in [2.24, 2.45) is 11.8 Å². The Bertz CT molecular complexity index is 222. The highest BCUT2D eigenvalue weighted by Gasteiger charge is 2.41. The van der Waals surface area contributed by atoms with Crippen molar-refractivity contribution in [1.29, 1.82) is 0 Å². The molecule has 0 aromatic heterocycles. The van der Waals surface area contributed by atoms with Gasteiger partial charge in [0.15, 0.2) is 0 Å². The highest BCUT2D eigenvalue weighted by atomic mass is 19.4. The molecule has 68 valence electrons. The van der Waals surface area contributed by atoms with E-state index in [1.807, 2.05) is 0 Å². The predicted octanol–water partition coefficient (Wildman–Crippen LogP) is 3.32. The molecule has 0 saturated heterocycles. The number of halogens is 3. The van der Waals surface area contributed by atoms with Crippen LogP contribution in [-0.4, -0.2) is 6.18 Å². The van der Waals surface area contributed by atoms with E-state index in [2.05, 4.69) is 0 Å². The third kappa shape index (κ3) is 1.90. The van der Waals surface area contributed by atoms with Crippen LogP contribution in [0.5, 0.6) is 0 Å². The lowest BCUT2D eigenvalue weighted by molar-refractivity contribution is -0.169. The van der Waals surface area contributed by atoms with Crippen LogP contribution in [0.15, 0.2) is 23.8 Å². The zero-order valence-corrected chi connectivity index (χ0v) is 7.02. The van der Waals surface area contributed by atoms with Crippen molar-refractivity contribution in [2.45, 2.75) is 20.0 Å². The van der Waals surface area contributed by atoms with Crippen molar-refractivity contribution in [3.05, 3.63) is 23.8 Å². The summed E-state index contributed by atoms with van der Waals surface area (Å²) in [6.45, 7) is 3.39. The Hall–Kier alpha value is -0.730. The molecule has 0 spiro atoms. The molecule has 0 heterocycles. The second-order valence-electron chi connectivity index (χ2n) is 3.20. The van der Waals surface area contributed by atoms with Crippen molar-refractivity contribution in [1.82, 2.24) is 0 Å². The van der Waals surface area contributed by atoms with E-state index in [4.69, 9.17) is 0 Å². The standard InChI is InChI=1S/C9H11F3/c1-6-3-4-8(7(2)5-6)9(10,11)12/h3-5,7-8H,1-2H3/t7-,8?/m1/s1. The summed E-state index contributed by atoms with van der Waals surface area (Å²) in [6.07, 6.45) is 0.309. The van der Waals surface area contributed by atoms with Crippen LogP contribution in [-0.2, 0) is 0 Å². The normalized spacial score (nSPS) is 30.2. The molecule has 0 amide bonds. The Kier molecular flexibility index (Phi) is 2.31. The average molecular weight is 176 g/mol. The molecule has 1 unspecified atom stereocenters. The third-order valence-electron chi connectivity index (χ3n) is 2.04. The van der Waals surface area contributed by atoms with Crippen LogP contribution in [0.2, 0.25) is 0 Å². The molecule has 0 fully saturated rings. The minimum absolute atomic E-state index is 0.435. The van der Waals surface area contributed by atoms with Crippen LogP contribution in [0.4, 0.5) is 13.2 Å². The maximum absolute atomic E-state index is 12.2. The largest absolute Gasteiger partial charge is 0.395 e. The molecular formula is C9H11F3. The Balaban J connectivity index is 2.80. The Morgan fingerprint density at radius 1 is 1.33 bits per heavy atom. The zero-order valence-electron chi connectivity index (χ0n) is 7.02. The summed E-state index contributed by atoms with van der Waals surface area (Å²) in [6, 6.07) is 0. The first-order chi connectivity index (χ1) is 5.41. The van der Waals surface area contributed by atoms with Crippen molar-refractivity contribution in [3.8, 4) is 0 Å². The fraction of sp³-hybridized carbons (Fsp3) is 0.556. The van der Waals surface area contributed by atoms with Crippen molar-refractivity contribution >= 4 is 0 Å². The average Bonchev–Trinajstić information content (AvgIpc) is 1.83. The number of alkyl halides is 3. The summed E-state index contributed by atoms with van der Waals surface area (Å²) in [7, 11) is 0. The Morgan fingerprint density at radius 2 is 1.92 bits per heavy atom. The van der Waals surface area contributed by atoms with Crippen LogP contribution in [0.3, 0.4) is 0 Å². The fourth-order valence-corrected chi connectivity index (χ4v) is 1.41. The monoisotopic (exact) mass is 176 g/mol. The van der Waals surface area contributed by atoms with Crippen molar-refractivity contribution < 1.29 is 13.2 Å². The minimum atomic E-state index is -4.10. The molecule has 0 bridgehead atoms. The first kappa shape index (κ1) is 9.36. The van der Waals surface area contributed by atoms with Gasteiger partial charge in [-0.3, -0.25) is 0 Å². The first-order valence-corrected chi connectivity index (χ1v) is 3.84. The van der Waals surface area contributed by atoms with Gasteiger partial charge in [0.2, 0.25) is 0 Å². The highest BCUT2D eigenvalue weighted by Crippen LogP contribution is 2.36. The van der Waals surface area contributed by atoms with Crippen LogP contribution >= 0.6 is 0 Å². The Labute approximate surface area is 69.8 Å². The molecule has 0 saturated carbocycles. The smallest absolute Gasteiger partial charge is 0.170 e. The van der Waals surface area contributed by atoms with Crippen LogP contribution < -0.4 is 0 Å². The SMILES string of the molecule is CC1=C[C@@H](C)C(C(F)(F)F)C=C1. The molecule has 0 aromatic carbocycles. The number of allylic oxidation sites excluding steroid dienone is 4. The summed E-state index contributed by atoms with van der Waals surface area (Å²) in [5.74, 6) is -1.74. The molecule has 0 N–H and O–H groups in total. The third-order valence-corrected chi connectivity index (χ3v) is 2.04. The van der Waals surface area contributed by atoms with E-state index in [1.165, 1.54) is 12.2 Å². The molecule has 1 rings (SSSR count). The van der Waals surface area contributed by atoms with Gasteiger partial charge in [-0.2, -0.15) is 13.2 Å². The van der Waals surface area contributed by atoms with E-state index in [0.29, 0.717) is 0 Å². The lowest BCUT2D eigenvalue weighted by Gasteiger charge is -2.24. The van der Waals surface area contributed by atoms with E-state index in [1.54, 1.807) is 19.9 Å². The van der Waals surface area contributed by atoms with Gasteiger partial charge < -0.3 is 0 Å². The number of rotatable bonds is 0. The minimum Gasteiger partial charge on any atom is -0.170 e. The van der Waals surface area contributed by atoms with Gasteiger partial charge in [-0.1, -0.05) is 30.7 Å².